The van der Waals surface area contributed by atoms with Crippen LogP contribution in [-0.4, -0.2) is 47.9 Å². The van der Waals surface area contributed by atoms with Crippen molar-refractivity contribution in [2.45, 2.75) is 33.4 Å². The number of hydrogen-bond donors (Lipinski definition) is 0. The third-order valence-corrected chi connectivity index (χ3v) is 6.78. The highest BCUT2D eigenvalue weighted by Gasteiger charge is 2.23. The summed E-state index contributed by atoms with van der Waals surface area (Å²) in [5, 5.41) is 0.750. The van der Waals surface area contributed by atoms with Crippen LogP contribution >= 0.6 is 34.5 Å². The summed E-state index contributed by atoms with van der Waals surface area (Å²) in [6, 6.07) is 18.7. The van der Waals surface area contributed by atoms with Gasteiger partial charge in [0.05, 0.1) is 6.54 Å². The lowest BCUT2D eigenvalue weighted by Gasteiger charge is -2.28. The number of thiophene rings is 1. The van der Waals surface area contributed by atoms with Crippen molar-refractivity contribution >= 4 is 46.4 Å². The van der Waals surface area contributed by atoms with Gasteiger partial charge in [-0.05, 0) is 56.2 Å². The van der Waals surface area contributed by atoms with E-state index in [1.54, 1.807) is 39.3 Å². The van der Waals surface area contributed by atoms with E-state index in [1.807, 2.05) is 50.2 Å². The maximum absolute atomic E-state index is 13.6. The average Bonchev–Trinajstić information content (AvgIpc) is 3.24. The first-order chi connectivity index (χ1) is 16.9. The number of nitrogens with zero attached hydrogens (tertiary/aromatic N) is 2. The molecular formula is C27H30Cl2N2O3S. The van der Waals surface area contributed by atoms with E-state index in [2.05, 4.69) is 6.07 Å². The molecule has 35 heavy (non-hydrogen) atoms. The molecule has 2 amide bonds. The second kappa shape index (κ2) is 13.6. The molecule has 0 saturated heterocycles. The van der Waals surface area contributed by atoms with Gasteiger partial charge in [0.25, 0.3) is 5.91 Å². The molecule has 0 aliphatic carbocycles. The molecule has 8 heteroatoms. The largest absolute Gasteiger partial charge is 0.382 e. The first kappa shape index (κ1) is 27.2. The highest BCUT2D eigenvalue weighted by atomic mass is 35.5. The monoisotopic (exact) mass is 532 g/mol. The smallest absolute Gasteiger partial charge is 0.254 e. The topological polar surface area (TPSA) is 49.9 Å². The van der Waals surface area contributed by atoms with Gasteiger partial charge in [0.1, 0.15) is 6.54 Å². The van der Waals surface area contributed by atoms with Gasteiger partial charge in [-0.25, -0.2) is 0 Å². The average molecular weight is 534 g/mol. The predicted molar refractivity (Wildman–Crippen MR) is 143 cm³/mol. The van der Waals surface area contributed by atoms with Crippen LogP contribution in [0.4, 0.5) is 0 Å². The molecule has 0 spiro atoms. The van der Waals surface area contributed by atoms with E-state index >= 15 is 0 Å². The maximum Gasteiger partial charge on any atom is 0.254 e. The molecule has 0 saturated carbocycles. The van der Waals surface area contributed by atoms with Gasteiger partial charge in [-0.15, -0.1) is 11.3 Å². The van der Waals surface area contributed by atoms with E-state index in [-0.39, 0.29) is 18.4 Å². The third kappa shape index (κ3) is 8.65. The van der Waals surface area contributed by atoms with Crippen molar-refractivity contribution in [2.75, 3.05) is 26.3 Å². The van der Waals surface area contributed by atoms with Gasteiger partial charge in [-0.2, -0.15) is 0 Å². The van der Waals surface area contributed by atoms with Gasteiger partial charge >= 0.3 is 0 Å². The molecule has 0 atom stereocenters. The van der Waals surface area contributed by atoms with E-state index in [1.165, 1.54) is 4.88 Å². The van der Waals surface area contributed by atoms with E-state index < -0.39 is 0 Å². The van der Waals surface area contributed by atoms with Crippen LogP contribution in [0.5, 0.6) is 0 Å². The van der Waals surface area contributed by atoms with E-state index in [0.717, 1.165) is 10.4 Å². The lowest BCUT2D eigenvalue weighted by molar-refractivity contribution is -0.133. The van der Waals surface area contributed by atoms with Gasteiger partial charge in [-0.1, -0.05) is 53.5 Å². The Morgan fingerprint density at radius 2 is 1.66 bits per heavy atom. The fourth-order valence-corrected chi connectivity index (χ4v) is 5.10. The number of benzene rings is 2. The van der Waals surface area contributed by atoms with Gasteiger partial charge < -0.3 is 14.5 Å². The van der Waals surface area contributed by atoms with Crippen LogP contribution in [0, 0.1) is 6.92 Å². The molecule has 0 aliphatic rings. The summed E-state index contributed by atoms with van der Waals surface area (Å²) in [5.74, 6) is -0.413. The van der Waals surface area contributed by atoms with Crippen LogP contribution in [0.1, 0.15) is 39.0 Å². The Bertz CT molecular complexity index is 1100. The number of carbonyl (C=O) groups excluding carboxylic acids is 2. The van der Waals surface area contributed by atoms with E-state index in [4.69, 9.17) is 27.9 Å². The summed E-state index contributed by atoms with van der Waals surface area (Å²) >= 11 is 13.9. The number of halogens is 2. The first-order valence-electron chi connectivity index (χ1n) is 11.6. The summed E-state index contributed by atoms with van der Waals surface area (Å²) in [6.45, 7) is 6.35. The molecule has 2 aromatic carbocycles. The Labute approximate surface area is 221 Å². The highest BCUT2D eigenvalue weighted by molar-refractivity contribution is 7.11. The molecule has 186 valence electrons. The molecule has 0 bridgehead atoms. The minimum Gasteiger partial charge on any atom is -0.382 e. The molecule has 1 aromatic heterocycles. The second-order valence-corrected chi connectivity index (χ2v) is 10.4. The fourth-order valence-electron chi connectivity index (χ4n) is 3.67. The lowest BCUT2D eigenvalue weighted by Crippen LogP contribution is -2.43. The molecule has 3 rings (SSSR count). The zero-order valence-corrected chi connectivity index (χ0v) is 22.3. The first-order valence-corrected chi connectivity index (χ1v) is 13.1. The Balaban J connectivity index is 1.81. The lowest BCUT2D eigenvalue weighted by atomic mass is 10.1. The highest BCUT2D eigenvalue weighted by Crippen LogP contribution is 2.22. The fraction of sp³-hybridized carbons (Fsp3) is 0.333. The maximum atomic E-state index is 13.6. The van der Waals surface area contributed by atoms with Crippen molar-refractivity contribution in [1.82, 2.24) is 9.80 Å². The molecular weight excluding hydrogens is 503 g/mol. The van der Waals surface area contributed by atoms with Crippen LogP contribution in [0.25, 0.3) is 0 Å². The predicted octanol–water partition coefficient (Wildman–Crippen LogP) is 6.46. The van der Waals surface area contributed by atoms with Crippen molar-refractivity contribution in [1.29, 1.82) is 0 Å². The van der Waals surface area contributed by atoms with Crippen LogP contribution < -0.4 is 0 Å². The van der Waals surface area contributed by atoms with Crippen molar-refractivity contribution < 1.29 is 14.3 Å². The van der Waals surface area contributed by atoms with Crippen LogP contribution in [0.15, 0.2) is 60.7 Å². The number of carbonyl (C=O) groups is 2. The van der Waals surface area contributed by atoms with E-state index in [9.17, 15) is 9.59 Å². The van der Waals surface area contributed by atoms with Gasteiger partial charge in [0.2, 0.25) is 5.91 Å². The Morgan fingerprint density at radius 1 is 0.943 bits per heavy atom. The minimum absolute atomic E-state index is 0.0493. The van der Waals surface area contributed by atoms with Gasteiger partial charge in [0, 0.05) is 51.7 Å². The Hall–Kier alpha value is -2.38. The Kier molecular flexibility index (Phi) is 10.6. The zero-order chi connectivity index (χ0) is 25.2. The van der Waals surface area contributed by atoms with Gasteiger partial charge in [0.15, 0.2) is 0 Å². The molecule has 0 fully saturated rings. The quantitative estimate of drug-likeness (QED) is 0.251. The third-order valence-electron chi connectivity index (χ3n) is 5.36. The minimum atomic E-state index is -0.286. The van der Waals surface area contributed by atoms with Crippen LogP contribution in [0.2, 0.25) is 10.0 Å². The van der Waals surface area contributed by atoms with Crippen molar-refractivity contribution in [3.05, 3.63) is 91.6 Å². The summed E-state index contributed by atoms with van der Waals surface area (Å²) in [5.41, 5.74) is 1.39. The number of amides is 2. The molecule has 5 nitrogen and oxygen atoms in total. The SMILES string of the molecule is CCOCCCN(CC(=O)N(Cc1ccccc1)Cc1ccc(C)s1)C(=O)c1cc(Cl)cc(Cl)c1. The standard InChI is InChI=1S/C27H30Cl2N2O3S/c1-3-34-13-7-12-30(27(33)22-14-23(28)16-24(29)15-22)19-26(32)31(17-21-8-5-4-6-9-21)18-25-11-10-20(2)35-25/h4-6,8-11,14-16H,3,7,12-13,17-19H2,1-2H3. The Morgan fingerprint density at radius 3 is 2.29 bits per heavy atom. The van der Waals surface area contributed by atoms with Crippen molar-refractivity contribution in [2.24, 2.45) is 0 Å². The number of rotatable bonds is 12. The zero-order valence-electron chi connectivity index (χ0n) is 20.0. The van der Waals surface area contributed by atoms with Crippen LogP contribution in [0.3, 0.4) is 0 Å². The molecule has 0 N–H and O–H groups in total. The number of aryl methyl sites for hydroxylation is 1. The second-order valence-electron chi connectivity index (χ2n) is 8.18. The van der Waals surface area contributed by atoms with Crippen LogP contribution in [-0.2, 0) is 22.6 Å². The van der Waals surface area contributed by atoms with Crippen molar-refractivity contribution in [3.63, 3.8) is 0 Å². The van der Waals surface area contributed by atoms with Gasteiger partial charge in [-0.3, -0.25) is 9.59 Å². The molecule has 3 aromatic rings. The number of ether oxygens (including phenoxy) is 1. The molecule has 0 radical (unpaired) electrons. The summed E-state index contributed by atoms with van der Waals surface area (Å²) in [6.07, 6.45) is 0.615. The molecule has 0 unspecified atom stereocenters. The summed E-state index contributed by atoms with van der Waals surface area (Å²) in [4.78, 5) is 32.6. The van der Waals surface area contributed by atoms with Crippen molar-refractivity contribution in [3.8, 4) is 0 Å². The number of hydrogen-bond acceptors (Lipinski definition) is 4. The normalized spacial score (nSPS) is 10.9. The summed E-state index contributed by atoms with van der Waals surface area (Å²) < 4.78 is 5.45. The molecule has 1 heterocycles. The molecule has 0 aliphatic heterocycles. The van der Waals surface area contributed by atoms with E-state index in [0.29, 0.717) is 54.9 Å². The summed E-state index contributed by atoms with van der Waals surface area (Å²) in [7, 11) is 0.